The molecule has 1 aromatic carbocycles. The van der Waals surface area contributed by atoms with Crippen molar-refractivity contribution in [3.05, 3.63) is 29.8 Å². The number of methoxy groups -OCH3 is 1. The summed E-state index contributed by atoms with van der Waals surface area (Å²) in [7, 11) is -1.17. The van der Waals surface area contributed by atoms with Gasteiger partial charge in [-0.05, 0) is 17.7 Å². The maximum atomic E-state index is 11.7. The van der Waals surface area contributed by atoms with Crippen LogP contribution in [0.1, 0.15) is 5.56 Å². The molecule has 6 nitrogen and oxygen atoms in total. The fourth-order valence-corrected chi connectivity index (χ4v) is 2.26. The zero-order chi connectivity index (χ0) is 13.8. The third-order valence-corrected chi connectivity index (χ3v) is 4.02. The Morgan fingerprint density at radius 1 is 1.33 bits per heavy atom. The van der Waals surface area contributed by atoms with E-state index in [1.807, 2.05) is 0 Å². The molecule has 0 fully saturated rings. The van der Waals surface area contributed by atoms with E-state index < -0.39 is 21.7 Å². The summed E-state index contributed by atoms with van der Waals surface area (Å²) < 4.78 is 28.9. The van der Waals surface area contributed by atoms with Crippen LogP contribution in [0, 0.1) is 0 Å². The molecule has 0 aliphatic carbocycles. The summed E-state index contributed by atoms with van der Waals surface area (Å²) in [5, 5.41) is 9.11. The van der Waals surface area contributed by atoms with Crippen molar-refractivity contribution in [2.24, 2.45) is 0 Å². The minimum Gasteiger partial charge on any atom is -0.508 e. The fraction of sp³-hybridized carbons (Fsp3) is 0.364. The summed E-state index contributed by atoms with van der Waals surface area (Å²) in [4.78, 5) is 11.0. The Kier molecular flexibility index (Phi) is 4.69. The van der Waals surface area contributed by atoms with E-state index in [1.54, 1.807) is 12.1 Å². The van der Waals surface area contributed by atoms with Gasteiger partial charge in [0.25, 0.3) is 0 Å². The first-order valence-electron chi connectivity index (χ1n) is 5.14. The molecule has 0 atom stereocenters. The molecule has 0 aliphatic heterocycles. The van der Waals surface area contributed by atoms with Gasteiger partial charge < -0.3 is 9.84 Å². The van der Waals surface area contributed by atoms with Crippen LogP contribution in [0.15, 0.2) is 24.3 Å². The van der Waals surface area contributed by atoms with Crippen LogP contribution in [-0.4, -0.2) is 43.7 Å². The van der Waals surface area contributed by atoms with Crippen molar-refractivity contribution in [2.45, 2.75) is 6.54 Å². The van der Waals surface area contributed by atoms with E-state index in [4.69, 9.17) is 5.11 Å². The number of nitrogens with zero attached hydrogens (tertiary/aromatic N) is 1. The maximum Gasteiger partial charge on any atom is 0.322 e. The lowest BCUT2D eigenvalue weighted by molar-refractivity contribution is -0.137. The third kappa shape index (κ3) is 4.01. The zero-order valence-electron chi connectivity index (χ0n) is 10.2. The molecule has 1 aromatic rings. The standard InChI is InChI=1S/C11H15NO5S/c1-12(18(15,16)8-11(14)17-2)7-9-3-5-10(13)6-4-9/h3-6,13H,7-8H2,1-2H3. The molecule has 0 spiro atoms. The number of carbonyl (C=O) groups excluding carboxylic acids is 1. The second kappa shape index (κ2) is 5.83. The van der Waals surface area contributed by atoms with Gasteiger partial charge in [0, 0.05) is 13.6 Å². The van der Waals surface area contributed by atoms with Crippen LogP contribution in [0.2, 0.25) is 0 Å². The number of benzene rings is 1. The lowest BCUT2D eigenvalue weighted by atomic mass is 10.2. The first-order valence-corrected chi connectivity index (χ1v) is 6.75. The normalized spacial score (nSPS) is 11.5. The molecular formula is C11H15NO5S. The Morgan fingerprint density at radius 3 is 2.39 bits per heavy atom. The third-order valence-electron chi connectivity index (χ3n) is 2.34. The molecule has 0 aliphatic rings. The highest BCUT2D eigenvalue weighted by atomic mass is 32.2. The Bertz CT molecular complexity index is 509. The van der Waals surface area contributed by atoms with Gasteiger partial charge in [0.1, 0.15) is 5.75 Å². The van der Waals surface area contributed by atoms with Crippen molar-refractivity contribution in [1.29, 1.82) is 0 Å². The Hall–Kier alpha value is -1.60. The van der Waals surface area contributed by atoms with Gasteiger partial charge in [0.05, 0.1) is 7.11 Å². The minimum absolute atomic E-state index is 0.110. The van der Waals surface area contributed by atoms with Crippen molar-refractivity contribution >= 4 is 16.0 Å². The van der Waals surface area contributed by atoms with E-state index in [9.17, 15) is 13.2 Å². The van der Waals surface area contributed by atoms with E-state index in [1.165, 1.54) is 19.2 Å². The quantitative estimate of drug-likeness (QED) is 0.781. The zero-order valence-corrected chi connectivity index (χ0v) is 11.0. The molecule has 0 radical (unpaired) electrons. The SMILES string of the molecule is COC(=O)CS(=O)(=O)N(C)Cc1ccc(O)cc1. The van der Waals surface area contributed by atoms with Crippen molar-refractivity contribution < 1.29 is 23.1 Å². The lowest BCUT2D eigenvalue weighted by Gasteiger charge is -2.16. The highest BCUT2D eigenvalue weighted by molar-refractivity contribution is 7.89. The Morgan fingerprint density at radius 2 is 1.89 bits per heavy atom. The molecular weight excluding hydrogens is 258 g/mol. The number of carbonyl (C=O) groups is 1. The van der Waals surface area contributed by atoms with Gasteiger partial charge in [-0.1, -0.05) is 12.1 Å². The maximum absolute atomic E-state index is 11.7. The van der Waals surface area contributed by atoms with Crippen molar-refractivity contribution in [3.8, 4) is 5.75 Å². The summed E-state index contributed by atoms with van der Waals surface area (Å²) in [6, 6.07) is 6.16. The van der Waals surface area contributed by atoms with Gasteiger partial charge >= 0.3 is 5.97 Å². The number of esters is 1. The first-order chi connectivity index (χ1) is 8.35. The first kappa shape index (κ1) is 14.5. The topological polar surface area (TPSA) is 83.9 Å². The van der Waals surface area contributed by atoms with E-state index in [0.717, 1.165) is 11.4 Å². The van der Waals surface area contributed by atoms with Crippen LogP contribution in [0.3, 0.4) is 0 Å². The van der Waals surface area contributed by atoms with Crippen molar-refractivity contribution in [1.82, 2.24) is 4.31 Å². The fourth-order valence-electron chi connectivity index (χ4n) is 1.27. The number of phenols is 1. The van der Waals surface area contributed by atoms with E-state index >= 15 is 0 Å². The number of ether oxygens (including phenoxy) is 1. The molecule has 18 heavy (non-hydrogen) atoms. The van der Waals surface area contributed by atoms with Gasteiger partial charge in [-0.2, -0.15) is 0 Å². The van der Waals surface area contributed by atoms with E-state index in [-0.39, 0.29) is 12.3 Å². The number of rotatable bonds is 5. The monoisotopic (exact) mass is 273 g/mol. The van der Waals surface area contributed by atoms with Crippen LogP contribution in [0.4, 0.5) is 0 Å². The molecule has 0 heterocycles. The largest absolute Gasteiger partial charge is 0.508 e. The highest BCUT2D eigenvalue weighted by Gasteiger charge is 2.22. The highest BCUT2D eigenvalue weighted by Crippen LogP contribution is 2.12. The number of hydrogen-bond acceptors (Lipinski definition) is 5. The molecule has 0 unspecified atom stereocenters. The lowest BCUT2D eigenvalue weighted by Crippen LogP contribution is -2.32. The Balaban J connectivity index is 2.72. The summed E-state index contributed by atoms with van der Waals surface area (Å²) in [5.74, 6) is -1.37. The van der Waals surface area contributed by atoms with Crippen LogP contribution in [0.5, 0.6) is 5.75 Å². The Labute approximate surface area is 106 Å². The van der Waals surface area contributed by atoms with Crippen LogP contribution in [-0.2, 0) is 26.1 Å². The minimum atomic E-state index is -3.68. The molecule has 1 rings (SSSR count). The van der Waals surface area contributed by atoms with Gasteiger partial charge in [0.2, 0.25) is 10.0 Å². The van der Waals surface area contributed by atoms with Gasteiger partial charge in [-0.3, -0.25) is 4.79 Å². The number of sulfonamides is 1. The average molecular weight is 273 g/mol. The van der Waals surface area contributed by atoms with Crippen LogP contribution in [0.25, 0.3) is 0 Å². The second-order valence-electron chi connectivity index (χ2n) is 3.75. The molecule has 0 saturated carbocycles. The summed E-state index contributed by atoms with van der Waals surface area (Å²) >= 11 is 0. The second-order valence-corrected chi connectivity index (χ2v) is 5.83. The smallest absolute Gasteiger partial charge is 0.322 e. The van der Waals surface area contributed by atoms with Gasteiger partial charge in [-0.25, -0.2) is 12.7 Å². The van der Waals surface area contributed by atoms with Crippen LogP contribution < -0.4 is 0 Å². The van der Waals surface area contributed by atoms with Crippen molar-refractivity contribution in [2.75, 3.05) is 19.9 Å². The summed E-state index contributed by atoms with van der Waals surface area (Å²) in [6.07, 6.45) is 0. The van der Waals surface area contributed by atoms with Crippen molar-refractivity contribution in [3.63, 3.8) is 0 Å². The van der Waals surface area contributed by atoms with Crippen LogP contribution >= 0.6 is 0 Å². The molecule has 0 saturated heterocycles. The predicted molar refractivity (Wildman–Crippen MR) is 65.4 cm³/mol. The molecule has 0 aromatic heterocycles. The number of phenolic OH excluding ortho intramolecular Hbond substituents is 1. The molecule has 100 valence electrons. The average Bonchev–Trinajstić information content (AvgIpc) is 2.31. The van der Waals surface area contributed by atoms with E-state index in [0.29, 0.717) is 5.56 Å². The molecule has 1 N–H and O–H groups in total. The molecule has 0 amide bonds. The van der Waals surface area contributed by atoms with Gasteiger partial charge in [0.15, 0.2) is 5.75 Å². The molecule has 7 heteroatoms. The molecule has 0 bridgehead atoms. The summed E-state index contributed by atoms with van der Waals surface area (Å²) in [5.41, 5.74) is 0.712. The van der Waals surface area contributed by atoms with Gasteiger partial charge in [-0.15, -0.1) is 0 Å². The van der Waals surface area contributed by atoms with E-state index in [2.05, 4.69) is 4.74 Å². The predicted octanol–water partition coefficient (Wildman–Crippen LogP) is 0.327. The number of aromatic hydroxyl groups is 1. The number of hydrogen-bond donors (Lipinski definition) is 1. The summed E-state index contributed by atoms with van der Waals surface area (Å²) in [6.45, 7) is 0.125.